The van der Waals surface area contributed by atoms with Gasteiger partial charge in [0.25, 0.3) is 0 Å². The monoisotopic (exact) mass is 301 g/mol. The molecule has 2 heterocycles. The van der Waals surface area contributed by atoms with Crippen molar-refractivity contribution in [2.45, 2.75) is 38.6 Å². The van der Waals surface area contributed by atoms with Crippen LogP contribution >= 0.6 is 11.3 Å². The molecule has 1 aliphatic heterocycles. The molecule has 0 aliphatic carbocycles. The molecule has 1 N–H and O–H groups in total. The van der Waals surface area contributed by atoms with Crippen molar-refractivity contribution in [1.82, 2.24) is 5.32 Å². The molecule has 112 valence electrons. The predicted molar refractivity (Wildman–Crippen MR) is 89.4 cm³/mol. The second-order valence-electron chi connectivity index (χ2n) is 5.73. The molecule has 2 nitrogen and oxygen atoms in total. The Morgan fingerprint density at radius 1 is 1.33 bits per heavy atom. The van der Waals surface area contributed by atoms with Gasteiger partial charge in [-0.2, -0.15) is 11.3 Å². The lowest BCUT2D eigenvalue weighted by atomic mass is 9.85. The van der Waals surface area contributed by atoms with E-state index in [0.717, 1.165) is 31.7 Å². The molecular weight excluding hydrogens is 278 g/mol. The van der Waals surface area contributed by atoms with Gasteiger partial charge in [0, 0.05) is 6.04 Å². The minimum absolute atomic E-state index is 0.442. The number of fused-ring (bicyclic) bond motifs is 1. The maximum Gasteiger partial charge on any atom is 0.122 e. The molecule has 2 unspecified atom stereocenters. The molecular formula is C18H23NOS. The number of hydrogen-bond donors (Lipinski definition) is 1. The van der Waals surface area contributed by atoms with Gasteiger partial charge in [-0.1, -0.05) is 25.1 Å². The highest BCUT2D eigenvalue weighted by atomic mass is 32.1. The number of nitrogens with one attached hydrogen (secondary N) is 1. The fourth-order valence-electron chi connectivity index (χ4n) is 3.24. The lowest BCUT2D eigenvalue weighted by Gasteiger charge is -2.29. The number of ether oxygens (including phenoxy) is 1. The van der Waals surface area contributed by atoms with E-state index in [1.807, 2.05) is 0 Å². The Labute approximate surface area is 131 Å². The zero-order chi connectivity index (χ0) is 14.7. The van der Waals surface area contributed by atoms with Gasteiger partial charge in [0.1, 0.15) is 5.75 Å². The van der Waals surface area contributed by atoms with E-state index in [9.17, 15) is 0 Å². The summed E-state index contributed by atoms with van der Waals surface area (Å²) in [6.07, 6.45) is 2.26. The van der Waals surface area contributed by atoms with Crippen molar-refractivity contribution in [2.24, 2.45) is 0 Å². The Morgan fingerprint density at radius 3 is 2.95 bits per heavy atom. The minimum Gasteiger partial charge on any atom is -0.493 e. The number of para-hydroxylation sites is 1. The average molecular weight is 301 g/mol. The Bertz CT molecular complexity index is 592. The van der Waals surface area contributed by atoms with Crippen molar-refractivity contribution in [1.29, 1.82) is 0 Å². The van der Waals surface area contributed by atoms with Crippen LogP contribution in [0.4, 0.5) is 0 Å². The molecule has 0 fully saturated rings. The lowest BCUT2D eigenvalue weighted by molar-refractivity contribution is 0.255. The summed E-state index contributed by atoms with van der Waals surface area (Å²) in [7, 11) is 0. The standard InChI is InChI=1S/C18H23NOS/c1-3-19-17(16-12-21-11-13(16)2)10-14-8-9-20-18-7-5-4-6-15(14)18/h4-7,11-12,14,17,19H,3,8-10H2,1-2H3. The third-order valence-corrected chi connectivity index (χ3v) is 5.20. The maximum absolute atomic E-state index is 5.79. The highest BCUT2D eigenvalue weighted by Crippen LogP contribution is 2.39. The minimum atomic E-state index is 0.442. The first-order chi connectivity index (χ1) is 10.3. The zero-order valence-corrected chi connectivity index (χ0v) is 13.6. The summed E-state index contributed by atoms with van der Waals surface area (Å²) in [5.74, 6) is 1.66. The van der Waals surface area contributed by atoms with Crippen LogP contribution in [0.3, 0.4) is 0 Å². The van der Waals surface area contributed by atoms with Crippen LogP contribution in [-0.4, -0.2) is 13.2 Å². The van der Waals surface area contributed by atoms with Crippen LogP contribution in [0.25, 0.3) is 0 Å². The summed E-state index contributed by atoms with van der Waals surface area (Å²) in [5, 5.41) is 8.22. The molecule has 0 bridgehead atoms. The largest absolute Gasteiger partial charge is 0.493 e. The Hall–Kier alpha value is -1.32. The molecule has 0 saturated carbocycles. The van der Waals surface area contributed by atoms with E-state index in [4.69, 9.17) is 4.74 Å². The molecule has 0 radical (unpaired) electrons. The van der Waals surface area contributed by atoms with E-state index in [-0.39, 0.29) is 0 Å². The number of hydrogen-bond acceptors (Lipinski definition) is 3. The van der Waals surface area contributed by atoms with Gasteiger partial charge < -0.3 is 10.1 Å². The van der Waals surface area contributed by atoms with E-state index in [1.165, 1.54) is 16.7 Å². The van der Waals surface area contributed by atoms with Gasteiger partial charge >= 0.3 is 0 Å². The molecule has 3 heteroatoms. The molecule has 0 spiro atoms. The summed E-state index contributed by atoms with van der Waals surface area (Å²) in [5.41, 5.74) is 4.25. The zero-order valence-electron chi connectivity index (χ0n) is 12.8. The fourth-order valence-corrected chi connectivity index (χ4v) is 4.14. The van der Waals surface area contributed by atoms with Crippen LogP contribution in [-0.2, 0) is 0 Å². The van der Waals surface area contributed by atoms with Crippen LogP contribution in [0.5, 0.6) is 5.75 Å². The van der Waals surface area contributed by atoms with Crippen LogP contribution in [0.15, 0.2) is 35.0 Å². The number of benzene rings is 1. The number of thiophene rings is 1. The van der Waals surface area contributed by atoms with Gasteiger partial charge in [0.15, 0.2) is 0 Å². The quantitative estimate of drug-likeness (QED) is 0.867. The first-order valence-corrected chi connectivity index (χ1v) is 8.71. The molecule has 1 aromatic carbocycles. The van der Waals surface area contributed by atoms with Gasteiger partial charge in [0.2, 0.25) is 0 Å². The van der Waals surface area contributed by atoms with E-state index in [2.05, 4.69) is 54.2 Å². The van der Waals surface area contributed by atoms with Crippen LogP contribution in [0.1, 0.15) is 48.4 Å². The molecule has 3 rings (SSSR count). The Balaban J connectivity index is 1.83. The smallest absolute Gasteiger partial charge is 0.122 e. The third kappa shape index (κ3) is 3.14. The van der Waals surface area contributed by atoms with Crippen LogP contribution in [0.2, 0.25) is 0 Å². The normalized spacial score (nSPS) is 18.9. The van der Waals surface area contributed by atoms with Crippen molar-refractivity contribution in [2.75, 3.05) is 13.2 Å². The first-order valence-electron chi connectivity index (χ1n) is 7.77. The van der Waals surface area contributed by atoms with E-state index in [0.29, 0.717) is 12.0 Å². The highest BCUT2D eigenvalue weighted by Gasteiger charge is 2.25. The van der Waals surface area contributed by atoms with Gasteiger partial charge in [-0.05, 0) is 65.7 Å². The predicted octanol–water partition coefficient (Wildman–Crippen LogP) is 4.66. The van der Waals surface area contributed by atoms with E-state index >= 15 is 0 Å². The lowest BCUT2D eigenvalue weighted by Crippen LogP contribution is -2.25. The highest BCUT2D eigenvalue weighted by molar-refractivity contribution is 7.08. The number of rotatable bonds is 5. The Morgan fingerprint density at radius 2 is 2.19 bits per heavy atom. The van der Waals surface area contributed by atoms with Gasteiger partial charge in [-0.25, -0.2) is 0 Å². The second-order valence-corrected chi connectivity index (χ2v) is 6.47. The van der Waals surface area contributed by atoms with Gasteiger partial charge in [-0.3, -0.25) is 0 Å². The van der Waals surface area contributed by atoms with Crippen molar-refractivity contribution in [3.8, 4) is 5.75 Å². The Kier molecular flexibility index (Phi) is 4.61. The maximum atomic E-state index is 5.79. The van der Waals surface area contributed by atoms with Crippen LogP contribution < -0.4 is 10.1 Å². The topological polar surface area (TPSA) is 21.3 Å². The molecule has 1 aliphatic rings. The first kappa shape index (κ1) is 14.6. The fraction of sp³-hybridized carbons (Fsp3) is 0.444. The molecule has 0 saturated heterocycles. The molecule has 21 heavy (non-hydrogen) atoms. The molecule has 1 aromatic heterocycles. The van der Waals surface area contributed by atoms with Gasteiger partial charge in [0.05, 0.1) is 6.61 Å². The second kappa shape index (κ2) is 6.63. The summed E-state index contributed by atoms with van der Waals surface area (Å²) in [6, 6.07) is 8.95. The summed E-state index contributed by atoms with van der Waals surface area (Å²) in [4.78, 5) is 0. The van der Waals surface area contributed by atoms with Crippen molar-refractivity contribution in [3.63, 3.8) is 0 Å². The van der Waals surface area contributed by atoms with Gasteiger partial charge in [-0.15, -0.1) is 0 Å². The third-order valence-electron chi connectivity index (χ3n) is 4.32. The molecule has 0 amide bonds. The summed E-state index contributed by atoms with van der Waals surface area (Å²) >= 11 is 1.80. The van der Waals surface area contributed by atoms with E-state index < -0.39 is 0 Å². The average Bonchev–Trinajstić information content (AvgIpc) is 2.93. The molecule has 2 atom stereocenters. The van der Waals surface area contributed by atoms with E-state index in [1.54, 1.807) is 11.3 Å². The van der Waals surface area contributed by atoms with Crippen molar-refractivity contribution in [3.05, 3.63) is 51.7 Å². The van der Waals surface area contributed by atoms with Crippen molar-refractivity contribution >= 4 is 11.3 Å². The van der Waals surface area contributed by atoms with Crippen LogP contribution in [0, 0.1) is 6.92 Å². The SMILES string of the molecule is CCNC(CC1CCOc2ccccc21)c1cscc1C. The molecule has 2 aromatic rings. The summed E-state index contributed by atoms with van der Waals surface area (Å²) < 4.78 is 5.79. The number of aryl methyl sites for hydroxylation is 1. The summed E-state index contributed by atoms with van der Waals surface area (Å²) in [6.45, 7) is 6.24. The van der Waals surface area contributed by atoms with Crippen molar-refractivity contribution < 1.29 is 4.74 Å².